The second-order valence-electron chi connectivity index (χ2n) is 6.04. The number of nitrogens with one attached hydrogen (secondary N) is 1. The van der Waals surface area contributed by atoms with E-state index in [0.29, 0.717) is 5.41 Å². The first kappa shape index (κ1) is 14.3. The first-order valence-electron chi connectivity index (χ1n) is 7.34. The molecule has 0 aromatic carbocycles. The largest absolute Gasteiger partial charge is 0.390 e. The molecule has 0 spiro atoms. The Morgan fingerprint density at radius 1 is 1.33 bits per heavy atom. The average Bonchev–Trinajstić information content (AvgIpc) is 2.93. The molecule has 4 heteroatoms. The fourth-order valence-corrected chi connectivity index (χ4v) is 2.84. The second kappa shape index (κ2) is 6.85. The lowest BCUT2D eigenvalue weighted by atomic mass is 10.0. The minimum atomic E-state index is -0.221. The minimum absolute atomic E-state index is 0.221. The predicted molar refractivity (Wildman–Crippen MR) is 72.7 cm³/mol. The Morgan fingerprint density at radius 3 is 2.67 bits per heavy atom. The molecule has 0 amide bonds. The number of ether oxygens (including phenoxy) is 1. The van der Waals surface area contributed by atoms with Crippen LogP contribution in [0.3, 0.4) is 0 Å². The average molecular weight is 256 g/mol. The zero-order valence-electron chi connectivity index (χ0n) is 11.7. The molecule has 0 radical (unpaired) electrons. The van der Waals surface area contributed by atoms with E-state index in [-0.39, 0.29) is 6.10 Å². The van der Waals surface area contributed by atoms with Crippen molar-refractivity contribution < 1.29 is 9.84 Å². The lowest BCUT2D eigenvalue weighted by Crippen LogP contribution is -2.39. The Balaban J connectivity index is 1.54. The van der Waals surface area contributed by atoms with Crippen molar-refractivity contribution in [2.24, 2.45) is 5.41 Å². The Bertz CT molecular complexity index is 238. The molecule has 4 nitrogen and oxygen atoms in total. The van der Waals surface area contributed by atoms with E-state index in [1.165, 1.54) is 25.7 Å². The Morgan fingerprint density at radius 2 is 2.06 bits per heavy atom. The number of β-amino-alcohol motifs (C(OH)–C–C–N with tert-alkyl or cyclic N) is 1. The monoisotopic (exact) mass is 256 g/mol. The SMILES string of the molecule is COCCC1(CNCC(O)CN2CCCC2)CC1. The molecule has 0 aromatic rings. The summed E-state index contributed by atoms with van der Waals surface area (Å²) in [6.45, 7) is 5.78. The number of hydrogen-bond acceptors (Lipinski definition) is 4. The van der Waals surface area contributed by atoms with Crippen LogP contribution in [0.15, 0.2) is 0 Å². The molecular weight excluding hydrogens is 228 g/mol. The highest BCUT2D eigenvalue weighted by molar-refractivity contribution is 4.94. The van der Waals surface area contributed by atoms with Gasteiger partial charge in [-0.25, -0.2) is 0 Å². The fraction of sp³-hybridized carbons (Fsp3) is 1.00. The van der Waals surface area contributed by atoms with Crippen LogP contribution in [0.25, 0.3) is 0 Å². The van der Waals surface area contributed by atoms with Crippen LogP contribution >= 0.6 is 0 Å². The van der Waals surface area contributed by atoms with E-state index >= 15 is 0 Å². The van der Waals surface area contributed by atoms with Crippen molar-refractivity contribution in [1.29, 1.82) is 0 Å². The Hall–Kier alpha value is -0.160. The molecule has 2 N–H and O–H groups in total. The molecule has 0 bridgehead atoms. The standard InChI is InChI=1S/C14H28N2O2/c1-18-9-6-14(4-5-14)12-15-10-13(17)11-16-7-2-3-8-16/h13,15,17H,2-12H2,1H3. The highest BCUT2D eigenvalue weighted by Crippen LogP contribution is 2.48. The van der Waals surface area contributed by atoms with E-state index in [4.69, 9.17) is 4.74 Å². The quantitative estimate of drug-likeness (QED) is 0.642. The topological polar surface area (TPSA) is 44.7 Å². The highest BCUT2D eigenvalue weighted by atomic mass is 16.5. The van der Waals surface area contributed by atoms with Gasteiger partial charge in [0.1, 0.15) is 0 Å². The lowest BCUT2D eigenvalue weighted by Gasteiger charge is -2.21. The number of hydrogen-bond donors (Lipinski definition) is 2. The van der Waals surface area contributed by atoms with E-state index in [2.05, 4.69) is 10.2 Å². The maximum absolute atomic E-state index is 9.97. The summed E-state index contributed by atoms with van der Waals surface area (Å²) in [5.74, 6) is 0. The number of likely N-dealkylation sites (tertiary alicyclic amines) is 1. The summed E-state index contributed by atoms with van der Waals surface area (Å²) in [4.78, 5) is 2.37. The third-order valence-electron chi connectivity index (χ3n) is 4.34. The lowest BCUT2D eigenvalue weighted by molar-refractivity contribution is 0.120. The zero-order chi connectivity index (χ0) is 12.8. The molecule has 106 valence electrons. The van der Waals surface area contributed by atoms with E-state index < -0.39 is 0 Å². The predicted octanol–water partition coefficient (Wildman–Crippen LogP) is 0.849. The zero-order valence-corrected chi connectivity index (χ0v) is 11.7. The van der Waals surface area contributed by atoms with Crippen LogP contribution in [-0.4, -0.2) is 62.6 Å². The molecule has 0 aromatic heterocycles. The number of methoxy groups -OCH3 is 1. The second-order valence-corrected chi connectivity index (χ2v) is 6.04. The third kappa shape index (κ3) is 4.50. The summed E-state index contributed by atoms with van der Waals surface area (Å²) in [7, 11) is 1.77. The summed E-state index contributed by atoms with van der Waals surface area (Å²) in [6, 6.07) is 0. The summed E-state index contributed by atoms with van der Waals surface area (Å²) in [5.41, 5.74) is 0.476. The van der Waals surface area contributed by atoms with E-state index in [1.807, 2.05) is 0 Å². The van der Waals surface area contributed by atoms with Crippen LogP contribution in [0.4, 0.5) is 0 Å². The van der Waals surface area contributed by atoms with Crippen molar-refractivity contribution in [3.8, 4) is 0 Å². The van der Waals surface area contributed by atoms with Gasteiger partial charge in [-0.05, 0) is 50.6 Å². The molecule has 18 heavy (non-hydrogen) atoms. The molecule has 2 fully saturated rings. The van der Waals surface area contributed by atoms with Crippen LogP contribution < -0.4 is 5.32 Å². The first-order valence-corrected chi connectivity index (χ1v) is 7.34. The van der Waals surface area contributed by atoms with Crippen molar-refractivity contribution >= 4 is 0 Å². The third-order valence-corrected chi connectivity index (χ3v) is 4.34. The first-order chi connectivity index (χ1) is 8.74. The maximum Gasteiger partial charge on any atom is 0.0791 e. The van der Waals surface area contributed by atoms with Crippen LogP contribution in [-0.2, 0) is 4.74 Å². The molecule has 2 rings (SSSR count). The van der Waals surface area contributed by atoms with Gasteiger partial charge in [0.05, 0.1) is 6.10 Å². The molecule has 1 saturated heterocycles. The fourth-order valence-electron chi connectivity index (χ4n) is 2.84. The van der Waals surface area contributed by atoms with Gasteiger partial charge in [-0.3, -0.25) is 0 Å². The summed E-state index contributed by atoms with van der Waals surface area (Å²) in [5, 5.41) is 13.4. The summed E-state index contributed by atoms with van der Waals surface area (Å²) < 4.78 is 5.15. The van der Waals surface area contributed by atoms with Crippen molar-refractivity contribution in [2.75, 3.05) is 46.4 Å². The van der Waals surface area contributed by atoms with E-state index in [0.717, 1.165) is 45.8 Å². The van der Waals surface area contributed by atoms with Crippen LogP contribution in [0.2, 0.25) is 0 Å². The van der Waals surface area contributed by atoms with Gasteiger partial charge in [-0.2, -0.15) is 0 Å². The minimum Gasteiger partial charge on any atom is -0.390 e. The van der Waals surface area contributed by atoms with E-state index in [1.54, 1.807) is 7.11 Å². The van der Waals surface area contributed by atoms with Crippen molar-refractivity contribution in [3.05, 3.63) is 0 Å². The maximum atomic E-state index is 9.97. The van der Waals surface area contributed by atoms with Gasteiger partial charge in [0, 0.05) is 33.4 Å². The van der Waals surface area contributed by atoms with Gasteiger partial charge < -0.3 is 20.1 Å². The van der Waals surface area contributed by atoms with Crippen LogP contribution in [0.5, 0.6) is 0 Å². The van der Waals surface area contributed by atoms with Gasteiger partial charge in [0.2, 0.25) is 0 Å². The van der Waals surface area contributed by atoms with Crippen LogP contribution in [0, 0.1) is 5.41 Å². The number of aliphatic hydroxyl groups is 1. The molecule has 1 atom stereocenters. The highest BCUT2D eigenvalue weighted by Gasteiger charge is 2.41. The summed E-state index contributed by atoms with van der Waals surface area (Å²) >= 11 is 0. The molecule has 1 saturated carbocycles. The van der Waals surface area contributed by atoms with Gasteiger partial charge in [-0.15, -0.1) is 0 Å². The molecular formula is C14H28N2O2. The molecule has 1 unspecified atom stereocenters. The number of rotatable bonds is 9. The van der Waals surface area contributed by atoms with Gasteiger partial charge in [0.15, 0.2) is 0 Å². The Kier molecular flexibility index (Phi) is 5.42. The van der Waals surface area contributed by atoms with Gasteiger partial charge in [-0.1, -0.05) is 0 Å². The molecule has 2 aliphatic rings. The van der Waals surface area contributed by atoms with Crippen molar-refractivity contribution in [1.82, 2.24) is 10.2 Å². The summed E-state index contributed by atoms with van der Waals surface area (Å²) in [6.07, 6.45) is 6.14. The molecule has 1 aliphatic carbocycles. The smallest absolute Gasteiger partial charge is 0.0791 e. The van der Waals surface area contributed by atoms with Crippen molar-refractivity contribution in [3.63, 3.8) is 0 Å². The van der Waals surface area contributed by atoms with Crippen molar-refractivity contribution in [2.45, 2.75) is 38.2 Å². The molecule has 1 heterocycles. The Labute approximate surface area is 111 Å². The van der Waals surface area contributed by atoms with Gasteiger partial charge >= 0.3 is 0 Å². The number of aliphatic hydroxyl groups excluding tert-OH is 1. The number of nitrogens with zero attached hydrogens (tertiary/aromatic N) is 1. The normalized spacial score (nSPS) is 24.3. The van der Waals surface area contributed by atoms with Gasteiger partial charge in [0.25, 0.3) is 0 Å². The van der Waals surface area contributed by atoms with E-state index in [9.17, 15) is 5.11 Å². The van der Waals surface area contributed by atoms with Crippen LogP contribution in [0.1, 0.15) is 32.1 Å². The molecule has 1 aliphatic heterocycles.